The Balaban J connectivity index is 2.56. The number of methoxy groups -OCH3 is 1. The molecule has 0 aliphatic heterocycles. The molecule has 82 valence electrons. The molecule has 0 aromatic carbocycles. The van der Waals surface area contributed by atoms with Crippen LogP contribution in [0.15, 0.2) is 18.2 Å². The van der Waals surface area contributed by atoms with E-state index in [-0.39, 0.29) is 12.3 Å². The highest BCUT2D eigenvalue weighted by atomic mass is 16.6. The molecule has 1 heterocycles. The molecular weight excluding hydrogens is 198 g/mol. The minimum atomic E-state index is -1.12. The van der Waals surface area contributed by atoms with Crippen LogP contribution in [0.3, 0.4) is 0 Å². The first kappa shape index (κ1) is 11.8. The first-order valence-electron chi connectivity index (χ1n) is 4.48. The number of carbonyl (C=O) groups excluding carboxylic acids is 1. The van der Waals surface area contributed by atoms with Gasteiger partial charge in [-0.15, -0.1) is 0 Å². The molecule has 0 radical (unpaired) electrons. The molecule has 1 atom stereocenters. The van der Waals surface area contributed by atoms with E-state index < -0.39 is 6.29 Å². The molecule has 0 aliphatic rings. The Kier molecular flexibility index (Phi) is 4.89. The lowest BCUT2D eigenvalue weighted by Crippen LogP contribution is -2.10. The molecule has 0 spiro atoms. The van der Waals surface area contributed by atoms with E-state index in [0.29, 0.717) is 18.6 Å². The summed E-state index contributed by atoms with van der Waals surface area (Å²) in [4.78, 5) is 14.3. The van der Waals surface area contributed by atoms with Gasteiger partial charge in [0, 0.05) is 7.11 Å². The van der Waals surface area contributed by atoms with Crippen LogP contribution in [0.25, 0.3) is 0 Å². The molecule has 5 nitrogen and oxygen atoms in total. The van der Waals surface area contributed by atoms with Crippen molar-refractivity contribution in [3.8, 4) is 0 Å². The molecule has 0 fully saturated rings. The lowest BCUT2D eigenvalue weighted by Gasteiger charge is -2.10. The molecule has 1 rings (SSSR count). The molecule has 0 bridgehead atoms. The van der Waals surface area contributed by atoms with E-state index in [2.05, 4.69) is 4.98 Å². The van der Waals surface area contributed by atoms with Crippen molar-refractivity contribution in [1.29, 1.82) is 0 Å². The van der Waals surface area contributed by atoms with E-state index in [1.165, 1.54) is 0 Å². The van der Waals surface area contributed by atoms with Crippen molar-refractivity contribution in [3.63, 3.8) is 0 Å². The topological polar surface area (TPSA) is 68.7 Å². The lowest BCUT2D eigenvalue weighted by molar-refractivity contribution is -0.115. The summed E-state index contributed by atoms with van der Waals surface area (Å²) in [7, 11) is 1.54. The molecule has 1 unspecified atom stereocenters. The maximum absolute atomic E-state index is 10.4. The molecule has 0 aliphatic carbocycles. The van der Waals surface area contributed by atoms with Gasteiger partial charge in [0.25, 0.3) is 0 Å². The zero-order valence-corrected chi connectivity index (χ0v) is 8.42. The van der Waals surface area contributed by atoms with Crippen LogP contribution in [0.5, 0.6) is 0 Å². The lowest BCUT2D eigenvalue weighted by atomic mass is 10.3. The molecular formula is C10H13NO4. The van der Waals surface area contributed by atoms with Gasteiger partial charge in [0.2, 0.25) is 0 Å². The second kappa shape index (κ2) is 6.23. The van der Waals surface area contributed by atoms with Gasteiger partial charge in [0.1, 0.15) is 5.69 Å². The quantitative estimate of drug-likeness (QED) is 0.422. The van der Waals surface area contributed by atoms with E-state index in [4.69, 9.17) is 9.47 Å². The Labute approximate surface area is 87.7 Å². The van der Waals surface area contributed by atoms with Crippen molar-refractivity contribution in [1.82, 2.24) is 4.98 Å². The van der Waals surface area contributed by atoms with Crippen molar-refractivity contribution < 1.29 is 19.4 Å². The fraction of sp³-hybridized carbons (Fsp3) is 0.400. The van der Waals surface area contributed by atoms with Crippen LogP contribution < -0.4 is 0 Å². The smallest absolute Gasteiger partial charge is 0.198 e. The number of aldehydes is 1. The number of aromatic nitrogens is 1. The average Bonchev–Trinajstić information content (AvgIpc) is 2.29. The third kappa shape index (κ3) is 3.75. The summed E-state index contributed by atoms with van der Waals surface area (Å²) >= 11 is 0. The highest BCUT2D eigenvalue weighted by Gasteiger charge is 2.09. The largest absolute Gasteiger partial charge is 0.382 e. The molecule has 0 saturated carbocycles. The van der Waals surface area contributed by atoms with Crippen LogP contribution in [0, 0.1) is 0 Å². The van der Waals surface area contributed by atoms with Gasteiger partial charge in [-0.2, -0.15) is 0 Å². The van der Waals surface area contributed by atoms with Crippen molar-refractivity contribution >= 4 is 6.29 Å². The molecule has 5 heteroatoms. The van der Waals surface area contributed by atoms with Gasteiger partial charge in [-0.05, 0) is 12.1 Å². The fourth-order valence-electron chi connectivity index (χ4n) is 1.00. The van der Waals surface area contributed by atoms with Crippen LogP contribution in [0.4, 0.5) is 0 Å². The van der Waals surface area contributed by atoms with Crippen molar-refractivity contribution in [2.24, 2.45) is 0 Å². The number of hydrogen-bond donors (Lipinski definition) is 1. The summed E-state index contributed by atoms with van der Waals surface area (Å²) in [5, 5.41) is 9.51. The predicted octanol–water partition coefficient (Wildman–Crippen LogP) is 0.548. The summed E-state index contributed by atoms with van der Waals surface area (Å²) in [5.41, 5.74) is 0.581. The summed E-state index contributed by atoms with van der Waals surface area (Å²) in [6.45, 7) is 0.662. The van der Waals surface area contributed by atoms with E-state index in [1.54, 1.807) is 25.3 Å². The number of ether oxygens (including phenoxy) is 2. The van der Waals surface area contributed by atoms with Crippen molar-refractivity contribution in [2.75, 3.05) is 20.3 Å². The van der Waals surface area contributed by atoms with E-state index in [1.807, 2.05) is 0 Å². The maximum atomic E-state index is 10.4. The number of rotatable bonds is 6. The molecule has 1 aromatic heterocycles. The third-order valence-electron chi connectivity index (χ3n) is 1.73. The Bertz CT molecular complexity index is 316. The van der Waals surface area contributed by atoms with Crippen LogP contribution in [0.1, 0.15) is 22.5 Å². The normalized spacial score (nSPS) is 12.4. The number of aliphatic hydroxyl groups excluding tert-OH is 1. The Morgan fingerprint density at radius 2 is 2.33 bits per heavy atom. The van der Waals surface area contributed by atoms with Crippen molar-refractivity contribution in [2.45, 2.75) is 6.29 Å². The minimum Gasteiger partial charge on any atom is -0.382 e. The third-order valence-corrected chi connectivity index (χ3v) is 1.73. The van der Waals surface area contributed by atoms with Crippen LogP contribution >= 0.6 is 0 Å². The average molecular weight is 211 g/mol. The van der Waals surface area contributed by atoms with Gasteiger partial charge in [-0.25, -0.2) is 4.98 Å². The van der Waals surface area contributed by atoms with Gasteiger partial charge in [-0.3, -0.25) is 4.79 Å². The highest BCUT2D eigenvalue weighted by Crippen LogP contribution is 2.11. The predicted molar refractivity (Wildman–Crippen MR) is 52.4 cm³/mol. The zero-order valence-electron chi connectivity index (χ0n) is 8.42. The standard InChI is InChI=1S/C10H13NO4/c1-14-5-6-15-10(13)9-4-2-3-8(7-12)11-9/h2-4,7,10,13H,5-6H2,1H3. The van der Waals surface area contributed by atoms with Crippen LogP contribution in [-0.2, 0) is 9.47 Å². The van der Waals surface area contributed by atoms with Gasteiger partial charge in [-0.1, -0.05) is 6.07 Å². The maximum Gasteiger partial charge on any atom is 0.198 e. The van der Waals surface area contributed by atoms with Gasteiger partial charge in [0.05, 0.1) is 18.9 Å². The minimum absolute atomic E-state index is 0.266. The number of carbonyl (C=O) groups is 1. The van der Waals surface area contributed by atoms with E-state index in [0.717, 1.165) is 0 Å². The first-order chi connectivity index (χ1) is 7.27. The zero-order chi connectivity index (χ0) is 11.1. The highest BCUT2D eigenvalue weighted by molar-refractivity contribution is 5.71. The van der Waals surface area contributed by atoms with E-state index >= 15 is 0 Å². The molecule has 1 aromatic rings. The molecule has 15 heavy (non-hydrogen) atoms. The number of aliphatic hydroxyl groups is 1. The monoisotopic (exact) mass is 211 g/mol. The first-order valence-corrected chi connectivity index (χ1v) is 4.48. The SMILES string of the molecule is COCCOC(O)c1cccc(C=O)n1. The fourth-order valence-corrected chi connectivity index (χ4v) is 1.00. The van der Waals surface area contributed by atoms with Crippen molar-refractivity contribution in [3.05, 3.63) is 29.6 Å². The summed E-state index contributed by atoms with van der Waals surface area (Å²) in [6.07, 6.45) is -0.509. The molecule has 0 amide bonds. The second-order valence-electron chi connectivity index (χ2n) is 2.82. The number of hydrogen-bond acceptors (Lipinski definition) is 5. The van der Waals surface area contributed by atoms with Crippen LogP contribution in [0.2, 0.25) is 0 Å². The van der Waals surface area contributed by atoms with Gasteiger partial charge >= 0.3 is 0 Å². The Morgan fingerprint density at radius 1 is 1.53 bits per heavy atom. The molecule has 0 saturated heterocycles. The summed E-state index contributed by atoms with van der Waals surface area (Å²) in [6, 6.07) is 4.78. The van der Waals surface area contributed by atoms with E-state index in [9.17, 15) is 9.90 Å². The summed E-state index contributed by atoms with van der Waals surface area (Å²) in [5.74, 6) is 0. The number of pyridine rings is 1. The Morgan fingerprint density at radius 3 is 3.00 bits per heavy atom. The van der Waals surface area contributed by atoms with Gasteiger partial charge in [0.15, 0.2) is 12.6 Å². The molecule has 1 N–H and O–H groups in total. The Hall–Kier alpha value is -1.30. The van der Waals surface area contributed by atoms with Crippen LogP contribution in [-0.4, -0.2) is 36.7 Å². The summed E-state index contributed by atoms with van der Waals surface area (Å²) < 4.78 is 9.78. The second-order valence-corrected chi connectivity index (χ2v) is 2.82. The number of nitrogens with zero attached hydrogens (tertiary/aromatic N) is 1. The van der Waals surface area contributed by atoms with Gasteiger partial charge < -0.3 is 14.6 Å².